The molecular weight excluding hydrogens is 252 g/mol. The molecule has 0 heterocycles. The van der Waals surface area contributed by atoms with Crippen molar-refractivity contribution in [1.29, 1.82) is 0 Å². The summed E-state index contributed by atoms with van der Waals surface area (Å²) < 4.78 is 5.56. The number of carbonyl (C=O) groups is 1. The number of rotatable bonds is 5. The summed E-state index contributed by atoms with van der Waals surface area (Å²) >= 11 is 0. The minimum Gasteiger partial charge on any atom is -0.483 e. The summed E-state index contributed by atoms with van der Waals surface area (Å²) in [6.07, 6.45) is 0. The van der Waals surface area contributed by atoms with Crippen molar-refractivity contribution >= 4 is 5.91 Å². The van der Waals surface area contributed by atoms with Gasteiger partial charge in [0.2, 0.25) is 0 Å². The minimum absolute atomic E-state index is 0.0275. The Hall–Kier alpha value is -1.55. The van der Waals surface area contributed by atoms with Gasteiger partial charge in [0.05, 0.1) is 0 Å². The largest absolute Gasteiger partial charge is 0.483 e. The zero-order chi connectivity index (χ0) is 15.0. The third kappa shape index (κ3) is 2.52. The molecule has 1 fully saturated rings. The summed E-state index contributed by atoms with van der Waals surface area (Å²) in [6.45, 7) is 9.11. The van der Waals surface area contributed by atoms with Crippen LogP contribution in [0.2, 0.25) is 0 Å². The molecule has 0 atom stereocenters. The lowest BCUT2D eigenvalue weighted by molar-refractivity contribution is -0.123. The highest BCUT2D eigenvalue weighted by Crippen LogP contribution is 2.62. The lowest BCUT2D eigenvalue weighted by atomic mass is 10.0. The maximum absolute atomic E-state index is 12.0. The van der Waals surface area contributed by atoms with Crippen LogP contribution >= 0.6 is 0 Å². The maximum Gasteiger partial charge on any atom is 0.258 e. The Kier molecular flexibility index (Phi) is 3.78. The van der Waals surface area contributed by atoms with E-state index in [-0.39, 0.29) is 29.4 Å². The summed E-state index contributed by atoms with van der Waals surface area (Å²) in [6, 6.07) is 7.72. The summed E-state index contributed by atoms with van der Waals surface area (Å²) in [5.74, 6) is 0.597. The van der Waals surface area contributed by atoms with Gasteiger partial charge in [0.15, 0.2) is 6.61 Å². The molecule has 0 saturated heterocycles. The lowest BCUT2D eigenvalue weighted by Crippen LogP contribution is -2.34. The van der Waals surface area contributed by atoms with Gasteiger partial charge in [-0.05, 0) is 16.9 Å². The number of hydrogen-bond acceptors (Lipinski definition) is 3. The molecule has 20 heavy (non-hydrogen) atoms. The minimum atomic E-state index is -0.0829. The number of para-hydroxylation sites is 1. The molecule has 1 amide bonds. The van der Waals surface area contributed by atoms with Gasteiger partial charge in [0.1, 0.15) is 5.75 Å². The Morgan fingerprint density at radius 3 is 2.40 bits per heavy atom. The zero-order valence-corrected chi connectivity index (χ0v) is 12.7. The second-order valence-electron chi connectivity index (χ2n) is 6.54. The number of amides is 1. The average Bonchev–Trinajstić information content (AvgIpc) is 2.79. The fourth-order valence-electron chi connectivity index (χ4n) is 2.72. The highest BCUT2D eigenvalue weighted by molar-refractivity contribution is 5.78. The van der Waals surface area contributed by atoms with E-state index in [9.17, 15) is 4.79 Å². The normalized spacial score (nSPS) is 19.4. The molecule has 1 aromatic carbocycles. The zero-order valence-electron chi connectivity index (χ0n) is 12.7. The molecule has 1 aliphatic rings. The number of hydrogen-bond donors (Lipinski definition) is 2. The van der Waals surface area contributed by atoms with E-state index < -0.39 is 0 Å². The molecular formula is C16H24N2O2. The van der Waals surface area contributed by atoms with Crippen LogP contribution in [0.1, 0.15) is 33.3 Å². The second kappa shape index (κ2) is 5.09. The Morgan fingerprint density at radius 1 is 1.25 bits per heavy atom. The Balaban J connectivity index is 1.88. The van der Waals surface area contributed by atoms with Gasteiger partial charge < -0.3 is 15.8 Å². The third-order valence-corrected chi connectivity index (χ3v) is 4.88. The summed E-state index contributed by atoms with van der Waals surface area (Å²) in [4.78, 5) is 12.0. The van der Waals surface area contributed by atoms with Crippen molar-refractivity contribution in [3.05, 3.63) is 29.8 Å². The highest BCUT2D eigenvalue weighted by Gasteiger charge is 2.65. The molecule has 0 bridgehead atoms. The van der Waals surface area contributed by atoms with Crippen molar-refractivity contribution in [3.8, 4) is 5.75 Å². The number of nitrogens with two attached hydrogens (primary N) is 1. The molecule has 1 aliphatic carbocycles. The van der Waals surface area contributed by atoms with E-state index in [1.165, 1.54) is 0 Å². The quantitative estimate of drug-likeness (QED) is 0.865. The van der Waals surface area contributed by atoms with Crippen LogP contribution < -0.4 is 15.8 Å². The predicted molar refractivity (Wildman–Crippen MR) is 79.3 cm³/mol. The first-order chi connectivity index (χ1) is 9.30. The summed E-state index contributed by atoms with van der Waals surface area (Å²) in [5, 5.41) is 3.05. The maximum atomic E-state index is 12.0. The molecule has 110 valence electrons. The average molecular weight is 276 g/mol. The van der Waals surface area contributed by atoms with E-state index in [4.69, 9.17) is 10.5 Å². The van der Waals surface area contributed by atoms with Gasteiger partial charge in [0, 0.05) is 18.2 Å². The molecule has 4 heteroatoms. The van der Waals surface area contributed by atoms with Crippen LogP contribution in [0.15, 0.2) is 24.3 Å². The first-order valence-electron chi connectivity index (χ1n) is 7.01. The van der Waals surface area contributed by atoms with E-state index in [0.717, 1.165) is 5.56 Å². The molecule has 1 aromatic rings. The van der Waals surface area contributed by atoms with Crippen molar-refractivity contribution in [2.24, 2.45) is 16.6 Å². The molecule has 0 aromatic heterocycles. The van der Waals surface area contributed by atoms with Gasteiger partial charge in [-0.3, -0.25) is 4.79 Å². The van der Waals surface area contributed by atoms with Gasteiger partial charge >= 0.3 is 0 Å². The molecule has 0 unspecified atom stereocenters. The summed E-state index contributed by atoms with van der Waals surface area (Å²) in [7, 11) is 0. The van der Waals surface area contributed by atoms with Crippen molar-refractivity contribution in [3.63, 3.8) is 0 Å². The molecule has 2 rings (SSSR count). The van der Waals surface area contributed by atoms with Crippen molar-refractivity contribution in [1.82, 2.24) is 5.32 Å². The first-order valence-corrected chi connectivity index (χ1v) is 7.01. The monoisotopic (exact) mass is 276 g/mol. The molecule has 4 nitrogen and oxygen atoms in total. The van der Waals surface area contributed by atoms with Crippen molar-refractivity contribution in [2.45, 2.75) is 40.3 Å². The van der Waals surface area contributed by atoms with E-state index >= 15 is 0 Å². The second-order valence-corrected chi connectivity index (χ2v) is 6.54. The Morgan fingerprint density at radius 2 is 1.85 bits per heavy atom. The van der Waals surface area contributed by atoms with Gasteiger partial charge in [-0.1, -0.05) is 45.9 Å². The predicted octanol–water partition coefficient (Wildman–Crippen LogP) is 2.07. The fourth-order valence-corrected chi connectivity index (χ4v) is 2.72. The van der Waals surface area contributed by atoms with Gasteiger partial charge in [-0.15, -0.1) is 0 Å². The third-order valence-electron chi connectivity index (χ3n) is 4.88. The van der Waals surface area contributed by atoms with Crippen LogP contribution in [0.4, 0.5) is 0 Å². The molecule has 0 aliphatic heterocycles. The SMILES string of the molecule is CC1(C)C(NC(=O)COc2ccccc2CN)C1(C)C. The molecule has 0 radical (unpaired) electrons. The van der Waals surface area contributed by atoms with E-state index in [2.05, 4.69) is 33.0 Å². The molecule has 0 spiro atoms. The van der Waals surface area contributed by atoms with Crippen LogP contribution in [-0.2, 0) is 11.3 Å². The lowest BCUT2D eigenvalue weighted by Gasteiger charge is -2.11. The Labute approximate surface area is 120 Å². The van der Waals surface area contributed by atoms with Crippen LogP contribution in [0.25, 0.3) is 0 Å². The van der Waals surface area contributed by atoms with Crippen molar-refractivity contribution < 1.29 is 9.53 Å². The summed E-state index contributed by atoms with van der Waals surface area (Å²) in [5.41, 5.74) is 6.82. The first kappa shape index (κ1) is 14.9. The molecule has 1 saturated carbocycles. The Bertz CT molecular complexity index is 495. The number of ether oxygens (including phenoxy) is 1. The van der Waals surface area contributed by atoms with E-state index in [1.807, 2.05) is 24.3 Å². The van der Waals surface area contributed by atoms with E-state index in [0.29, 0.717) is 12.3 Å². The van der Waals surface area contributed by atoms with E-state index in [1.54, 1.807) is 0 Å². The van der Waals surface area contributed by atoms with Crippen molar-refractivity contribution in [2.75, 3.05) is 6.61 Å². The standard InChI is InChI=1S/C16H24N2O2/c1-15(2)14(16(15,3)4)18-13(19)10-20-12-8-6-5-7-11(12)9-17/h5-8,14H,9-10,17H2,1-4H3,(H,18,19). The topological polar surface area (TPSA) is 64.3 Å². The number of carbonyl (C=O) groups excluding carboxylic acids is 1. The molecule has 3 N–H and O–H groups in total. The van der Waals surface area contributed by atoms with Crippen LogP contribution in [0.3, 0.4) is 0 Å². The van der Waals surface area contributed by atoms with Crippen LogP contribution in [0, 0.1) is 10.8 Å². The van der Waals surface area contributed by atoms with Crippen LogP contribution in [-0.4, -0.2) is 18.6 Å². The fraction of sp³-hybridized carbons (Fsp3) is 0.562. The van der Waals surface area contributed by atoms with Gasteiger partial charge in [0.25, 0.3) is 5.91 Å². The highest BCUT2D eigenvalue weighted by atomic mass is 16.5. The smallest absolute Gasteiger partial charge is 0.258 e. The van der Waals surface area contributed by atoms with Crippen LogP contribution in [0.5, 0.6) is 5.75 Å². The number of nitrogens with one attached hydrogen (secondary N) is 1. The van der Waals surface area contributed by atoms with Gasteiger partial charge in [-0.2, -0.15) is 0 Å². The number of benzene rings is 1. The van der Waals surface area contributed by atoms with Gasteiger partial charge in [-0.25, -0.2) is 0 Å².